The summed E-state index contributed by atoms with van der Waals surface area (Å²) < 4.78 is 74.7. The van der Waals surface area contributed by atoms with Crippen molar-refractivity contribution in [2.45, 2.75) is 109 Å². The summed E-state index contributed by atoms with van der Waals surface area (Å²) in [5, 5.41) is 16.1. The van der Waals surface area contributed by atoms with Crippen LogP contribution in [0.1, 0.15) is 112 Å². The minimum atomic E-state index is -4.11. The lowest BCUT2D eigenvalue weighted by Gasteiger charge is -2.27. The van der Waals surface area contributed by atoms with Crippen molar-refractivity contribution in [3.8, 4) is 5.75 Å². The zero-order valence-electron chi connectivity index (χ0n) is 47.3. The molecule has 1 amide bonds. The van der Waals surface area contributed by atoms with Gasteiger partial charge in [0.1, 0.15) is 18.1 Å². The molecule has 84 heavy (non-hydrogen) atoms. The largest absolute Gasteiger partial charge is 0.481 e. The first-order valence-electron chi connectivity index (χ1n) is 27.9. The number of ether oxygens (including phenoxy) is 1. The highest BCUT2D eigenvalue weighted by atomic mass is 32.2. The van der Waals surface area contributed by atoms with Crippen LogP contribution < -0.4 is 31.6 Å². The number of hydrogen-bond acceptors (Lipinski definition) is 14. The van der Waals surface area contributed by atoms with Crippen LogP contribution in [-0.4, -0.2) is 104 Å². The van der Waals surface area contributed by atoms with Crippen LogP contribution in [0, 0.1) is 0 Å². The smallest absolute Gasteiger partial charge is 0.305 e. The van der Waals surface area contributed by atoms with Crippen molar-refractivity contribution in [2.75, 3.05) is 40.5 Å². The second-order valence-corrected chi connectivity index (χ2v) is 25.5. The number of fused-ring (bicyclic) bond motifs is 3. The third kappa shape index (κ3) is 14.5. The van der Waals surface area contributed by atoms with Gasteiger partial charge in [0.15, 0.2) is 16.9 Å². The average Bonchev–Trinajstić information content (AvgIpc) is 3.12. The van der Waals surface area contributed by atoms with E-state index in [1.807, 2.05) is 48.5 Å². The summed E-state index contributed by atoms with van der Waals surface area (Å²) in [6, 6.07) is 29.6. The minimum absolute atomic E-state index is 0.0528. The summed E-state index contributed by atoms with van der Waals surface area (Å²) in [6.45, 7) is 9.95. The Balaban J connectivity index is 0.979. The molecule has 0 fully saturated rings. The molecule has 4 heterocycles. The molecular weight excluding hydrogens is 1110 g/mol. The first-order valence-corrected chi connectivity index (χ1v) is 31.1. The SMILES string of the molecule is CC1(C)C(/C=C/C2=C(Oc3ccc(C[C@H](CC(=O)O)NC(=O)c4ccc(NCc5cnc6nc(N)[nH]c(=O)c6n5)cc4)cc3)C(=C/C=C3/N(CCCCS(=O)(=O)O)c4ccccc4C3(C)C)/CCC2)=[N+](CCCCS(=O)(=O)O)c2ccccc21. The quantitative estimate of drug-likeness (QED) is 0.0169. The number of rotatable bonds is 24. The summed E-state index contributed by atoms with van der Waals surface area (Å²) in [6.07, 6.45) is 13.7. The molecule has 2 aliphatic heterocycles. The number of carboxylic acid groups (broad SMARTS) is 1. The van der Waals surface area contributed by atoms with Gasteiger partial charge in [0.2, 0.25) is 11.6 Å². The van der Waals surface area contributed by atoms with E-state index in [0.29, 0.717) is 80.1 Å². The van der Waals surface area contributed by atoms with Gasteiger partial charge in [-0.3, -0.25) is 28.5 Å². The van der Waals surface area contributed by atoms with Gasteiger partial charge >= 0.3 is 5.97 Å². The predicted molar refractivity (Wildman–Crippen MR) is 324 cm³/mol. The molecule has 0 saturated carbocycles. The van der Waals surface area contributed by atoms with Crippen LogP contribution in [0.5, 0.6) is 5.75 Å². The average molecular weight is 1180 g/mol. The molecule has 6 aromatic rings. The molecule has 0 saturated heterocycles. The van der Waals surface area contributed by atoms with E-state index in [2.05, 4.69) is 116 Å². The number of allylic oxidation sites excluding steroid dienone is 7. The number of nitrogens with two attached hydrogens (primary N) is 1. The van der Waals surface area contributed by atoms with Crippen LogP contribution in [0.3, 0.4) is 0 Å². The van der Waals surface area contributed by atoms with Crippen LogP contribution in [-0.2, 0) is 48.8 Å². The highest BCUT2D eigenvalue weighted by molar-refractivity contribution is 7.86. The van der Waals surface area contributed by atoms with Gasteiger partial charge in [0.05, 0.1) is 41.8 Å². The van der Waals surface area contributed by atoms with Crippen LogP contribution >= 0.6 is 0 Å². The van der Waals surface area contributed by atoms with Gasteiger partial charge in [-0.1, -0.05) is 68.5 Å². The van der Waals surface area contributed by atoms with E-state index in [9.17, 15) is 45.4 Å². The molecule has 22 heteroatoms. The van der Waals surface area contributed by atoms with Crippen molar-refractivity contribution in [3.05, 3.63) is 188 Å². The minimum Gasteiger partial charge on any atom is -0.481 e. The molecule has 2 aromatic heterocycles. The van der Waals surface area contributed by atoms with Crippen LogP contribution in [0.25, 0.3) is 11.2 Å². The van der Waals surface area contributed by atoms with Crippen molar-refractivity contribution in [3.63, 3.8) is 0 Å². The van der Waals surface area contributed by atoms with Crippen molar-refractivity contribution in [2.24, 2.45) is 0 Å². The molecule has 4 aromatic carbocycles. The zero-order chi connectivity index (χ0) is 60.0. The van der Waals surface area contributed by atoms with E-state index in [0.717, 1.165) is 57.0 Å². The highest BCUT2D eigenvalue weighted by Gasteiger charge is 2.44. The molecule has 8 N–H and O–H groups in total. The fourth-order valence-electron chi connectivity index (χ4n) is 11.3. The number of carbonyl (C=O) groups excluding carboxylic acids is 1. The number of unbranched alkanes of at least 4 members (excludes halogenated alkanes) is 2. The number of aliphatic carboxylic acids is 1. The number of aromatic nitrogens is 4. The van der Waals surface area contributed by atoms with E-state index >= 15 is 0 Å². The van der Waals surface area contributed by atoms with Gasteiger partial charge in [0, 0.05) is 64.8 Å². The molecule has 1 atom stereocenters. The second kappa shape index (κ2) is 25.3. The Kier molecular flexibility index (Phi) is 18.1. The van der Waals surface area contributed by atoms with Crippen LogP contribution in [0.15, 0.2) is 155 Å². The molecule has 3 aliphatic rings. The van der Waals surface area contributed by atoms with E-state index in [-0.39, 0.29) is 48.0 Å². The summed E-state index contributed by atoms with van der Waals surface area (Å²) in [4.78, 5) is 55.3. The molecule has 9 rings (SSSR count). The maximum absolute atomic E-state index is 13.6. The van der Waals surface area contributed by atoms with Gasteiger partial charge in [-0.15, -0.1) is 0 Å². The standard InChI is InChI=1S/C62H69N9O11S2/c1-61(2)48-16-5-7-18-50(48)70(32-9-11-34-83(76,77)78)52(61)30-24-41-14-13-15-42(25-31-53-62(3,4)49-17-6-8-19-51(49)71(53)33-10-12-35-84(79,80)81)56(41)82-47-28-20-40(21-29-47)36-45(37-54(72)73)67-58(74)43-22-26-44(27-23-43)64-38-46-39-65-57-55(66-46)59(75)69-60(63)68-57/h5-8,16-31,39,45H,9-15,32-38H2,1-4H3,(H7-,63,64,65,67,68,69,72,73,74,75,76,77,78,79,80,81)/p+1/t45-/m1/s1. The maximum atomic E-state index is 13.6. The molecule has 20 nitrogen and oxygen atoms in total. The number of nitrogens with one attached hydrogen (secondary N) is 3. The number of para-hydroxylation sites is 2. The van der Waals surface area contributed by atoms with Crippen molar-refractivity contribution >= 4 is 72.0 Å². The number of nitrogens with zero attached hydrogens (tertiary/aromatic N) is 5. The summed E-state index contributed by atoms with van der Waals surface area (Å²) in [5.74, 6) is -1.03. The number of carbonyl (C=O) groups is 2. The van der Waals surface area contributed by atoms with Gasteiger partial charge in [-0.25, -0.2) is 9.97 Å². The molecule has 0 spiro atoms. The summed E-state index contributed by atoms with van der Waals surface area (Å²) in [5.41, 5.74) is 14.9. The number of amides is 1. The Morgan fingerprint density at radius 3 is 2.24 bits per heavy atom. The van der Waals surface area contributed by atoms with Gasteiger partial charge in [-0.2, -0.15) is 26.4 Å². The fourth-order valence-corrected chi connectivity index (χ4v) is 12.5. The Labute approximate surface area is 488 Å². The lowest BCUT2D eigenvalue weighted by Crippen LogP contribution is -2.38. The Morgan fingerprint density at radius 2 is 1.52 bits per heavy atom. The normalized spacial score (nSPS) is 17.0. The van der Waals surface area contributed by atoms with Gasteiger partial charge in [0.25, 0.3) is 31.7 Å². The third-order valence-electron chi connectivity index (χ3n) is 15.5. The fraction of sp³-hybridized carbons (Fsp3) is 0.339. The van der Waals surface area contributed by atoms with Crippen LogP contribution in [0.2, 0.25) is 0 Å². The monoisotopic (exact) mass is 1180 g/mol. The predicted octanol–water partition coefficient (Wildman–Crippen LogP) is 9.12. The summed E-state index contributed by atoms with van der Waals surface area (Å²) >= 11 is 0. The first-order chi connectivity index (χ1) is 39.9. The van der Waals surface area contributed by atoms with E-state index in [1.165, 1.54) is 6.20 Å². The molecule has 0 unspecified atom stereocenters. The third-order valence-corrected chi connectivity index (χ3v) is 17.1. The number of carboxylic acids is 1. The van der Waals surface area contributed by atoms with E-state index in [1.54, 1.807) is 24.3 Å². The highest BCUT2D eigenvalue weighted by Crippen LogP contribution is 2.48. The molecule has 440 valence electrons. The Bertz CT molecular complexity index is 3950. The summed E-state index contributed by atoms with van der Waals surface area (Å²) in [7, 11) is -8.22. The lowest BCUT2D eigenvalue weighted by molar-refractivity contribution is -0.438. The van der Waals surface area contributed by atoms with Crippen LogP contribution in [0.4, 0.5) is 23.0 Å². The number of benzene rings is 4. The zero-order valence-corrected chi connectivity index (χ0v) is 49.0. The van der Waals surface area contributed by atoms with E-state index < -0.39 is 54.5 Å². The molecule has 0 bridgehead atoms. The van der Waals surface area contributed by atoms with Crippen molar-refractivity contribution in [1.82, 2.24) is 25.3 Å². The molecular formula is C62H70N9O11S2+. The topological polar surface area (TPSA) is 300 Å². The lowest BCUT2D eigenvalue weighted by atomic mass is 9.81. The van der Waals surface area contributed by atoms with Crippen molar-refractivity contribution in [1.29, 1.82) is 0 Å². The number of anilines is 3. The number of aromatic amines is 1. The number of nitrogen functional groups attached to an aromatic ring is 1. The van der Waals surface area contributed by atoms with Gasteiger partial charge < -0.3 is 31.1 Å². The van der Waals surface area contributed by atoms with E-state index in [4.69, 9.17) is 10.5 Å². The maximum Gasteiger partial charge on any atom is 0.305 e. The number of H-pyrrole nitrogens is 1. The molecule has 1 aliphatic carbocycles. The second-order valence-electron chi connectivity index (χ2n) is 22.4. The van der Waals surface area contributed by atoms with Gasteiger partial charge in [-0.05, 0) is 136 Å². The Hall–Kier alpha value is -8.31. The van der Waals surface area contributed by atoms with Crippen molar-refractivity contribution < 1.29 is 49.9 Å². The number of hydrogen-bond donors (Lipinski definition) is 7. The molecule has 0 radical (unpaired) electrons. The Morgan fingerprint density at radius 1 is 0.833 bits per heavy atom. The first kappa shape index (κ1) is 60.3.